The van der Waals surface area contributed by atoms with Crippen molar-refractivity contribution in [2.45, 2.75) is 44.9 Å². The van der Waals surface area contributed by atoms with E-state index < -0.39 is 0 Å². The first-order chi connectivity index (χ1) is 10.0. The molecule has 0 aliphatic carbocycles. The Morgan fingerprint density at radius 1 is 1.18 bits per heavy atom. The summed E-state index contributed by atoms with van der Waals surface area (Å²) in [5.74, 6) is 0.423. The van der Waals surface area contributed by atoms with Crippen molar-refractivity contribution in [3.63, 3.8) is 0 Å². The van der Waals surface area contributed by atoms with Crippen molar-refractivity contribution in [2.24, 2.45) is 10.7 Å². The fourth-order valence-electron chi connectivity index (χ4n) is 2.77. The fourth-order valence-corrected chi connectivity index (χ4v) is 2.77. The summed E-state index contributed by atoms with van der Waals surface area (Å²) < 4.78 is 13.9. The van der Waals surface area contributed by atoms with Gasteiger partial charge < -0.3 is 10.6 Å². The van der Waals surface area contributed by atoms with Gasteiger partial charge in [-0.1, -0.05) is 44.9 Å². The third-order valence-electron chi connectivity index (χ3n) is 4.17. The van der Waals surface area contributed by atoms with Gasteiger partial charge in [-0.2, -0.15) is 0 Å². The summed E-state index contributed by atoms with van der Waals surface area (Å²) in [6.45, 7) is 6.47. The Bertz CT molecular complexity index is 494. The number of halogens is 2. The predicted octanol–water partition coefficient (Wildman–Crippen LogP) is 3.91. The maximum Gasteiger partial charge on any atom is 0.191 e. The van der Waals surface area contributed by atoms with Crippen molar-refractivity contribution >= 4 is 29.9 Å². The van der Waals surface area contributed by atoms with Crippen molar-refractivity contribution in [3.05, 3.63) is 35.6 Å². The van der Waals surface area contributed by atoms with E-state index in [0.717, 1.165) is 13.1 Å². The molecule has 2 rings (SSSR count). The number of aliphatic imine (C=N–C) groups is 1. The van der Waals surface area contributed by atoms with Crippen LogP contribution in [0.25, 0.3) is 0 Å². The van der Waals surface area contributed by atoms with Crippen LogP contribution in [0.2, 0.25) is 0 Å². The smallest absolute Gasteiger partial charge is 0.191 e. The van der Waals surface area contributed by atoms with E-state index in [-0.39, 0.29) is 35.2 Å². The lowest BCUT2D eigenvalue weighted by Gasteiger charge is -2.26. The summed E-state index contributed by atoms with van der Waals surface area (Å²) in [6, 6.07) is 6.90. The second-order valence-electron chi connectivity index (χ2n) is 6.44. The average Bonchev–Trinajstić information content (AvgIpc) is 2.74. The molecule has 1 aliphatic heterocycles. The summed E-state index contributed by atoms with van der Waals surface area (Å²) >= 11 is 0. The molecule has 22 heavy (non-hydrogen) atoms. The highest BCUT2D eigenvalue weighted by atomic mass is 127. The number of nitrogens with two attached hydrogens (primary N) is 1. The third kappa shape index (κ3) is 5.11. The van der Waals surface area contributed by atoms with Crippen LogP contribution in [0.1, 0.15) is 45.1 Å². The van der Waals surface area contributed by atoms with Gasteiger partial charge >= 0.3 is 0 Å². The molecule has 1 aromatic carbocycles. The molecular formula is C17H27FIN3. The van der Waals surface area contributed by atoms with E-state index in [1.54, 1.807) is 6.07 Å². The molecule has 1 fully saturated rings. The quantitative estimate of drug-likeness (QED) is 0.459. The largest absolute Gasteiger partial charge is 0.370 e. The summed E-state index contributed by atoms with van der Waals surface area (Å²) in [7, 11) is 0. The number of guanidine groups is 1. The molecule has 0 spiro atoms. The van der Waals surface area contributed by atoms with E-state index in [2.05, 4.69) is 9.89 Å². The molecule has 2 N–H and O–H groups in total. The lowest BCUT2D eigenvalue weighted by Crippen LogP contribution is -2.39. The molecule has 1 aliphatic rings. The second-order valence-corrected chi connectivity index (χ2v) is 6.44. The van der Waals surface area contributed by atoms with Gasteiger partial charge in [0, 0.05) is 18.5 Å². The summed E-state index contributed by atoms with van der Waals surface area (Å²) in [5, 5.41) is 0. The van der Waals surface area contributed by atoms with Crippen LogP contribution < -0.4 is 5.73 Å². The Balaban J connectivity index is 0.00000242. The van der Waals surface area contributed by atoms with Crippen molar-refractivity contribution in [1.29, 1.82) is 0 Å². The molecule has 0 amide bonds. The second kappa shape index (κ2) is 8.70. The van der Waals surface area contributed by atoms with Gasteiger partial charge in [0.05, 0.1) is 6.54 Å². The molecule has 0 aromatic heterocycles. The van der Waals surface area contributed by atoms with Crippen LogP contribution in [0.4, 0.5) is 4.39 Å². The summed E-state index contributed by atoms with van der Waals surface area (Å²) in [5.41, 5.74) is 6.46. The van der Waals surface area contributed by atoms with E-state index in [9.17, 15) is 4.39 Å². The van der Waals surface area contributed by atoms with Crippen LogP contribution in [0, 0.1) is 5.82 Å². The number of hydrogen-bond donors (Lipinski definition) is 1. The van der Waals surface area contributed by atoms with Crippen molar-refractivity contribution in [2.75, 3.05) is 19.6 Å². The van der Waals surface area contributed by atoms with Crippen LogP contribution in [0.5, 0.6) is 0 Å². The van der Waals surface area contributed by atoms with Crippen molar-refractivity contribution < 1.29 is 4.39 Å². The molecule has 1 heterocycles. The Labute approximate surface area is 150 Å². The monoisotopic (exact) mass is 419 g/mol. The topological polar surface area (TPSA) is 41.6 Å². The number of hydrogen-bond acceptors (Lipinski definition) is 1. The molecule has 0 bridgehead atoms. The third-order valence-corrected chi connectivity index (χ3v) is 4.17. The molecule has 3 nitrogen and oxygen atoms in total. The SMILES string of the molecule is CC(C)(CN=C(N)N1CCCCCC1)c1ccccc1F.I. The first-order valence-corrected chi connectivity index (χ1v) is 7.80. The first kappa shape index (κ1) is 19.2. The Morgan fingerprint density at radius 3 is 2.36 bits per heavy atom. The number of nitrogens with zero attached hydrogens (tertiary/aromatic N) is 2. The van der Waals surface area contributed by atoms with Crippen LogP contribution in [-0.4, -0.2) is 30.5 Å². The normalized spacial score (nSPS) is 16.9. The predicted molar refractivity (Wildman–Crippen MR) is 101 cm³/mol. The van der Waals surface area contributed by atoms with Gasteiger partial charge in [0.1, 0.15) is 5.82 Å². The first-order valence-electron chi connectivity index (χ1n) is 7.80. The molecule has 1 saturated heterocycles. The Hall–Kier alpha value is -0.850. The molecule has 5 heteroatoms. The van der Waals surface area contributed by atoms with Crippen LogP contribution >= 0.6 is 24.0 Å². The molecular weight excluding hydrogens is 392 g/mol. The van der Waals surface area contributed by atoms with Gasteiger partial charge in [0.25, 0.3) is 0 Å². The zero-order chi connectivity index (χ0) is 15.3. The minimum Gasteiger partial charge on any atom is -0.370 e. The molecule has 0 atom stereocenters. The molecule has 1 aromatic rings. The summed E-state index contributed by atoms with van der Waals surface area (Å²) in [4.78, 5) is 6.69. The molecule has 124 valence electrons. The lowest BCUT2D eigenvalue weighted by atomic mass is 9.84. The molecule has 0 unspecified atom stereocenters. The average molecular weight is 419 g/mol. The van der Waals surface area contributed by atoms with Gasteiger partial charge in [-0.25, -0.2) is 4.39 Å². The lowest BCUT2D eigenvalue weighted by molar-refractivity contribution is 0.423. The number of benzene rings is 1. The highest BCUT2D eigenvalue weighted by Crippen LogP contribution is 2.26. The van der Waals surface area contributed by atoms with Crippen molar-refractivity contribution in [1.82, 2.24) is 4.90 Å². The van der Waals surface area contributed by atoms with Crippen LogP contribution in [-0.2, 0) is 5.41 Å². The van der Waals surface area contributed by atoms with E-state index >= 15 is 0 Å². The Kier molecular flexibility index (Phi) is 7.59. The molecule has 0 radical (unpaired) electrons. The standard InChI is InChI=1S/C17H26FN3.HI/c1-17(2,14-9-5-6-10-15(14)18)13-20-16(19)21-11-7-3-4-8-12-21;/h5-6,9-10H,3-4,7-8,11-13H2,1-2H3,(H2,19,20);1H. The highest BCUT2D eigenvalue weighted by molar-refractivity contribution is 14.0. The zero-order valence-electron chi connectivity index (χ0n) is 13.5. The fraction of sp³-hybridized carbons (Fsp3) is 0.588. The number of likely N-dealkylation sites (tertiary alicyclic amines) is 1. The van der Waals surface area contributed by atoms with Crippen LogP contribution in [0.3, 0.4) is 0 Å². The highest BCUT2D eigenvalue weighted by Gasteiger charge is 2.24. The number of rotatable bonds is 3. The van der Waals surface area contributed by atoms with Gasteiger partial charge in [-0.05, 0) is 24.5 Å². The van der Waals surface area contributed by atoms with Gasteiger partial charge in [-0.15, -0.1) is 24.0 Å². The van der Waals surface area contributed by atoms with Gasteiger partial charge in [-0.3, -0.25) is 4.99 Å². The van der Waals surface area contributed by atoms with Gasteiger partial charge in [0.15, 0.2) is 5.96 Å². The van der Waals surface area contributed by atoms with E-state index in [4.69, 9.17) is 5.73 Å². The van der Waals surface area contributed by atoms with Gasteiger partial charge in [0.2, 0.25) is 0 Å². The van der Waals surface area contributed by atoms with Crippen molar-refractivity contribution in [3.8, 4) is 0 Å². The van der Waals surface area contributed by atoms with Crippen LogP contribution in [0.15, 0.2) is 29.3 Å². The maximum absolute atomic E-state index is 13.9. The van der Waals surface area contributed by atoms with E-state index in [1.807, 2.05) is 26.0 Å². The van der Waals surface area contributed by atoms with E-state index in [1.165, 1.54) is 31.7 Å². The maximum atomic E-state index is 13.9. The Morgan fingerprint density at radius 2 is 1.77 bits per heavy atom. The summed E-state index contributed by atoms with van der Waals surface area (Å²) in [6.07, 6.45) is 4.88. The minimum atomic E-state index is -0.359. The molecule has 0 saturated carbocycles. The van der Waals surface area contributed by atoms with E-state index in [0.29, 0.717) is 18.1 Å². The zero-order valence-corrected chi connectivity index (χ0v) is 15.8. The minimum absolute atomic E-state index is 0.